The van der Waals surface area contributed by atoms with Crippen LogP contribution in [0.3, 0.4) is 0 Å². The van der Waals surface area contributed by atoms with Crippen LogP contribution in [0.15, 0.2) is 48.5 Å². The summed E-state index contributed by atoms with van der Waals surface area (Å²) in [5.41, 5.74) is 2.04. The van der Waals surface area contributed by atoms with E-state index in [0.717, 1.165) is 30.4 Å². The third kappa shape index (κ3) is 6.41. The fourth-order valence-corrected chi connectivity index (χ4v) is 3.94. The average Bonchev–Trinajstić information content (AvgIpc) is 2.73. The normalized spacial score (nSPS) is 27.0. The Kier molecular flexibility index (Phi) is 8.50. The standard InChI is InChI=1S/C23H30ClNO5/c24-18-9-5-6-16(12-18)13-25-11-4-3-8-17-7-1-2-10-21(17)30-15-20(27)23(29)22(28)19(26)14-25/h1-2,5-7,9-10,12,19-20,22-23,26-29H,3-4,8,11,13-15H2/t19-,20+,22+,23+/m0/s1. The molecular weight excluding hydrogens is 406 g/mol. The minimum absolute atomic E-state index is 0.162. The summed E-state index contributed by atoms with van der Waals surface area (Å²) in [5.74, 6) is 0.659. The maximum Gasteiger partial charge on any atom is 0.122 e. The Morgan fingerprint density at radius 2 is 1.70 bits per heavy atom. The van der Waals surface area contributed by atoms with Gasteiger partial charge in [0.25, 0.3) is 0 Å². The second-order valence-electron chi connectivity index (χ2n) is 7.86. The minimum Gasteiger partial charge on any atom is -0.491 e. The first-order chi connectivity index (χ1) is 14.4. The number of aliphatic hydroxyl groups is 4. The fourth-order valence-electron chi connectivity index (χ4n) is 3.73. The van der Waals surface area contributed by atoms with Crippen LogP contribution < -0.4 is 4.74 Å². The van der Waals surface area contributed by atoms with Crippen molar-refractivity contribution in [2.45, 2.75) is 50.2 Å². The van der Waals surface area contributed by atoms with E-state index in [-0.39, 0.29) is 13.2 Å². The molecule has 0 bridgehead atoms. The van der Waals surface area contributed by atoms with Crippen molar-refractivity contribution < 1.29 is 25.2 Å². The molecule has 0 radical (unpaired) electrons. The lowest BCUT2D eigenvalue weighted by molar-refractivity contribution is -0.118. The van der Waals surface area contributed by atoms with Crippen molar-refractivity contribution >= 4 is 11.6 Å². The van der Waals surface area contributed by atoms with Crippen molar-refractivity contribution in [2.24, 2.45) is 0 Å². The zero-order valence-electron chi connectivity index (χ0n) is 16.9. The lowest BCUT2D eigenvalue weighted by Gasteiger charge is -2.31. The fraction of sp³-hybridized carbons (Fsp3) is 0.478. The van der Waals surface area contributed by atoms with Crippen LogP contribution in [0, 0.1) is 0 Å². The Morgan fingerprint density at radius 1 is 0.933 bits per heavy atom. The molecule has 2 aromatic rings. The van der Waals surface area contributed by atoms with Crippen molar-refractivity contribution in [2.75, 3.05) is 19.7 Å². The summed E-state index contributed by atoms with van der Waals surface area (Å²) in [6.45, 7) is 1.25. The molecule has 4 atom stereocenters. The number of benzene rings is 2. The van der Waals surface area contributed by atoms with Crippen molar-refractivity contribution in [3.63, 3.8) is 0 Å². The molecule has 0 aliphatic carbocycles. The molecule has 0 saturated heterocycles. The van der Waals surface area contributed by atoms with E-state index in [1.807, 2.05) is 53.4 Å². The van der Waals surface area contributed by atoms with Gasteiger partial charge in [-0.25, -0.2) is 0 Å². The molecule has 3 rings (SSSR count). The Morgan fingerprint density at radius 3 is 2.50 bits per heavy atom. The number of para-hydroxylation sites is 1. The van der Waals surface area contributed by atoms with Gasteiger partial charge in [-0.3, -0.25) is 4.90 Å². The second kappa shape index (κ2) is 11.1. The first-order valence-electron chi connectivity index (χ1n) is 10.3. The quantitative estimate of drug-likeness (QED) is 0.576. The summed E-state index contributed by atoms with van der Waals surface area (Å²) >= 11 is 6.10. The summed E-state index contributed by atoms with van der Waals surface area (Å²) < 4.78 is 5.68. The van der Waals surface area contributed by atoms with Crippen LogP contribution in [0.5, 0.6) is 5.75 Å². The highest BCUT2D eigenvalue weighted by molar-refractivity contribution is 6.30. The van der Waals surface area contributed by atoms with E-state index in [9.17, 15) is 20.4 Å². The summed E-state index contributed by atoms with van der Waals surface area (Å²) in [6.07, 6.45) is -2.92. The molecule has 30 heavy (non-hydrogen) atoms. The van der Waals surface area contributed by atoms with E-state index in [1.165, 1.54) is 0 Å². The van der Waals surface area contributed by atoms with Crippen LogP contribution in [-0.2, 0) is 13.0 Å². The summed E-state index contributed by atoms with van der Waals surface area (Å²) in [6, 6.07) is 15.2. The van der Waals surface area contributed by atoms with Crippen LogP contribution in [0.4, 0.5) is 0 Å². The van der Waals surface area contributed by atoms with Gasteiger partial charge >= 0.3 is 0 Å². The zero-order chi connectivity index (χ0) is 21.5. The summed E-state index contributed by atoms with van der Waals surface area (Å²) in [4.78, 5) is 2.03. The first-order valence-corrected chi connectivity index (χ1v) is 10.7. The monoisotopic (exact) mass is 435 g/mol. The molecule has 6 nitrogen and oxygen atoms in total. The number of halogens is 1. The van der Waals surface area contributed by atoms with Crippen LogP contribution in [0.25, 0.3) is 0 Å². The number of ether oxygens (including phenoxy) is 1. The number of hydrogen-bond donors (Lipinski definition) is 4. The first kappa shape index (κ1) is 23.0. The third-order valence-electron chi connectivity index (χ3n) is 5.43. The number of hydrogen-bond acceptors (Lipinski definition) is 6. The summed E-state index contributed by atoms with van der Waals surface area (Å²) in [5, 5.41) is 42.1. The van der Waals surface area contributed by atoms with Crippen molar-refractivity contribution in [1.82, 2.24) is 4.90 Å². The third-order valence-corrected chi connectivity index (χ3v) is 5.67. The molecule has 7 heteroatoms. The van der Waals surface area contributed by atoms with Gasteiger partial charge in [-0.15, -0.1) is 0 Å². The summed E-state index contributed by atoms with van der Waals surface area (Å²) in [7, 11) is 0. The number of nitrogens with zero attached hydrogens (tertiary/aromatic N) is 1. The molecule has 1 aliphatic rings. The lowest BCUT2D eigenvalue weighted by Crippen LogP contribution is -2.50. The molecule has 2 aromatic carbocycles. The van der Waals surface area contributed by atoms with Gasteiger partial charge in [-0.2, -0.15) is 0 Å². The zero-order valence-corrected chi connectivity index (χ0v) is 17.7. The van der Waals surface area contributed by atoms with Gasteiger partial charge in [0.2, 0.25) is 0 Å². The number of fused-ring (bicyclic) bond motifs is 1. The molecule has 1 aliphatic heterocycles. The Hall–Kier alpha value is -1.67. The molecule has 0 spiro atoms. The van der Waals surface area contributed by atoms with Gasteiger partial charge < -0.3 is 25.2 Å². The average molecular weight is 436 g/mol. The predicted molar refractivity (Wildman–Crippen MR) is 116 cm³/mol. The van der Waals surface area contributed by atoms with Gasteiger partial charge in [0.05, 0.1) is 6.10 Å². The van der Waals surface area contributed by atoms with Crippen molar-refractivity contribution in [3.05, 3.63) is 64.7 Å². The second-order valence-corrected chi connectivity index (χ2v) is 8.29. The predicted octanol–water partition coefficient (Wildman–Crippen LogP) is 2.00. The maximum absolute atomic E-state index is 10.5. The van der Waals surface area contributed by atoms with E-state index in [2.05, 4.69) is 0 Å². The lowest BCUT2D eigenvalue weighted by atomic mass is 10.0. The van der Waals surface area contributed by atoms with E-state index in [4.69, 9.17) is 16.3 Å². The van der Waals surface area contributed by atoms with Crippen LogP contribution in [-0.4, -0.2) is 69.4 Å². The molecule has 0 saturated carbocycles. The van der Waals surface area contributed by atoms with Gasteiger partial charge in [-0.05, 0) is 55.1 Å². The molecule has 1 heterocycles. The number of rotatable bonds is 2. The highest BCUT2D eigenvalue weighted by Crippen LogP contribution is 2.22. The van der Waals surface area contributed by atoms with Crippen LogP contribution in [0.2, 0.25) is 5.02 Å². The van der Waals surface area contributed by atoms with E-state index < -0.39 is 24.4 Å². The smallest absolute Gasteiger partial charge is 0.122 e. The maximum atomic E-state index is 10.5. The van der Waals surface area contributed by atoms with Crippen LogP contribution in [0.1, 0.15) is 24.0 Å². The Balaban J connectivity index is 1.77. The molecule has 0 fully saturated rings. The molecule has 0 aromatic heterocycles. The van der Waals surface area contributed by atoms with E-state index in [0.29, 0.717) is 23.9 Å². The minimum atomic E-state index is -1.52. The molecular formula is C23H30ClNO5. The number of aliphatic hydroxyl groups excluding tert-OH is 4. The molecule has 164 valence electrons. The van der Waals surface area contributed by atoms with Crippen molar-refractivity contribution in [3.8, 4) is 5.75 Å². The molecule has 4 N–H and O–H groups in total. The van der Waals surface area contributed by atoms with Gasteiger partial charge in [0.1, 0.15) is 30.7 Å². The number of β-amino-alcohol motifs (C(OH)–C–C–N with tert-alkyl or cyclic N) is 1. The Labute approximate surface area is 182 Å². The van der Waals surface area contributed by atoms with E-state index in [1.54, 1.807) is 0 Å². The Bertz CT molecular complexity index is 805. The topological polar surface area (TPSA) is 93.4 Å². The highest BCUT2D eigenvalue weighted by Gasteiger charge is 2.32. The van der Waals surface area contributed by atoms with Gasteiger partial charge in [0.15, 0.2) is 0 Å². The van der Waals surface area contributed by atoms with E-state index >= 15 is 0 Å². The molecule has 0 unspecified atom stereocenters. The van der Waals surface area contributed by atoms with Crippen LogP contribution >= 0.6 is 11.6 Å². The van der Waals surface area contributed by atoms with Gasteiger partial charge in [0, 0.05) is 18.1 Å². The SMILES string of the molecule is O[C@H]1[C@H](O)[C@@H](O)CN(Cc2cccc(Cl)c2)CCCCc2ccccc2OC[C@H]1O. The molecule has 0 amide bonds. The highest BCUT2D eigenvalue weighted by atomic mass is 35.5. The van der Waals surface area contributed by atoms with Crippen molar-refractivity contribution in [1.29, 1.82) is 0 Å². The largest absolute Gasteiger partial charge is 0.491 e. The number of aryl methyl sites for hydroxylation is 1. The van der Waals surface area contributed by atoms with Gasteiger partial charge in [-0.1, -0.05) is 41.9 Å².